The highest BCUT2D eigenvalue weighted by Crippen LogP contribution is 2.20. The van der Waals surface area contributed by atoms with E-state index in [0.717, 1.165) is 32.1 Å². The molecule has 66 valence electrons. The molecule has 0 saturated heterocycles. The van der Waals surface area contributed by atoms with Crippen molar-refractivity contribution in [2.75, 3.05) is 0 Å². The number of fused-ring (bicyclic) bond motifs is 2. The van der Waals surface area contributed by atoms with E-state index in [1.165, 1.54) is 10.8 Å². The molecule has 0 fully saturated rings. The zero-order chi connectivity index (χ0) is 9.54. The van der Waals surface area contributed by atoms with Gasteiger partial charge in [-0.05, 0) is 22.9 Å². The first-order chi connectivity index (χ1) is 6.83. The topological polar surface area (TPSA) is 26.0 Å². The Morgan fingerprint density at radius 3 is 2.57 bits per heavy atom. The van der Waals surface area contributed by atoms with Crippen LogP contribution in [0, 0.1) is 0 Å². The third-order valence-corrected chi connectivity index (χ3v) is 2.79. The number of hydrogen-bond donors (Lipinski definition) is 0. The lowest BCUT2D eigenvalue weighted by molar-refractivity contribution is 0.644. The molecule has 0 saturated carbocycles. The summed E-state index contributed by atoms with van der Waals surface area (Å²) in [4.78, 5) is 4.36. The summed E-state index contributed by atoms with van der Waals surface area (Å²) in [6.07, 6.45) is 0. The molecule has 0 N–H and O–H groups in total. The quantitative estimate of drug-likeness (QED) is 0.507. The predicted octanol–water partition coefficient (Wildman–Crippen LogP) is 1.24. The average Bonchev–Trinajstić information content (AvgIpc) is 2.53. The molecule has 0 bridgehead atoms. The number of benzene rings is 2. The van der Waals surface area contributed by atoms with Gasteiger partial charge in [-0.1, -0.05) is 24.3 Å². The van der Waals surface area contributed by atoms with Crippen molar-refractivity contribution in [3.05, 3.63) is 36.4 Å². The number of oxazole rings is 1. The zero-order valence-corrected chi connectivity index (χ0v) is 9.82. The average molecular weight is 197 g/mol. The second-order valence-corrected chi connectivity index (χ2v) is 4.26. The van der Waals surface area contributed by atoms with E-state index in [1.54, 1.807) is 0 Å². The Morgan fingerprint density at radius 1 is 1.07 bits per heavy atom. The van der Waals surface area contributed by atoms with Crippen LogP contribution in [0.15, 0.2) is 40.8 Å². The van der Waals surface area contributed by atoms with Crippen LogP contribution >= 0.6 is 0 Å². The van der Waals surface area contributed by atoms with E-state index in [9.17, 15) is 0 Å². The van der Waals surface area contributed by atoms with Gasteiger partial charge in [0.05, 0.1) is 4.75 Å². The standard InChI is InChI=1S/C11H6NO.Al.2H/c1-2-4-9-6-11-10(12-7-13-11)5-8(9)3-1;;;/h1-6H;;;. The molecular formula is C11H8AlNO. The van der Waals surface area contributed by atoms with Gasteiger partial charge in [0, 0.05) is 0 Å². The first-order valence-corrected chi connectivity index (χ1v) is 5.59. The van der Waals surface area contributed by atoms with Gasteiger partial charge in [-0.2, -0.15) is 0 Å². The highest BCUT2D eigenvalue weighted by molar-refractivity contribution is 6.29. The Hall–Kier alpha value is -1.30. The van der Waals surface area contributed by atoms with Crippen LogP contribution in [0.3, 0.4) is 0 Å². The Labute approximate surface area is 89.0 Å². The number of rotatable bonds is 0. The monoisotopic (exact) mass is 197 g/mol. The van der Waals surface area contributed by atoms with Crippen molar-refractivity contribution >= 4 is 42.9 Å². The first-order valence-electron chi connectivity index (χ1n) is 4.59. The van der Waals surface area contributed by atoms with Crippen molar-refractivity contribution in [3.8, 4) is 0 Å². The highest BCUT2D eigenvalue weighted by atomic mass is 27.0. The van der Waals surface area contributed by atoms with E-state index in [4.69, 9.17) is 4.42 Å². The molecular weight excluding hydrogens is 189 g/mol. The molecule has 1 heterocycles. The molecule has 0 unspecified atom stereocenters. The van der Waals surface area contributed by atoms with Crippen LogP contribution in [0.5, 0.6) is 0 Å². The molecule has 0 spiro atoms. The number of nitrogens with zero attached hydrogens (tertiary/aromatic N) is 1. The molecule has 3 rings (SSSR count). The van der Waals surface area contributed by atoms with Crippen LogP contribution in [-0.4, -0.2) is 21.3 Å². The Balaban J connectivity index is 2.51. The summed E-state index contributed by atoms with van der Waals surface area (Å²) in [6.45, 7) is 0. The van der Waals surface area contributed by atoms with Crippen molar-refractivity contribution in [1.82, 2.24) is 4.98 Å². The summed E-state index contributed by atoms with van der Waals surface area (Å²) >= 11 is 0.863. The smallest absolute Gasteiger partial charge is 0.350 e. The van der Waals surface area contributed by atoms with Gasteiger partial charge in [0.2, 0.25) is 0 Å². The van der Waals surface area contributed by atoms with Gasteiger partial charge in [0.25, 0.3) is 0 Å². The van der Waals surface area contributed by atoms with Crippen LogP contribution in [0.2, 0.25) is 0 Å². The molecule has 0 aliphatic carbocycles. The number of hydrogen-bond acceptors (Lipinski definition) is 2. The van der Waals surface area contributed by atoms with Gasteiger partial charge >= 0.3 is 16.3 Å². The third kappa shape index (κ3) is 1.14. The fourth-order valence-electron chi connectivity index (χ4n) is 1.73. The van der Waals surface area contributed by atoms with Crippen molar-refractivity contribution < 1.29 is 4.42 Å². The maximum absolute atomic E-state index is 5.53. The lowest BCUT2D eigenvalue weighted by atomic mass is 10.1. The maximum atomic E-state index is 5.53. The lowest BCUT2D eigenvalue weighted by Crippen LogP contribution is -1.99. The molecule has 0 amide bonds. The molecule has 14 heavy (non-hydrogen) atoms. The zero-order valence-electron chi connectivity index (χ0n) is 7.82. The molecule has 2 aromatic carbocycles. The summed E-state index contributed by atoms with van der Waals surface area (Å²) in [6, 6.07) is 12.4. The van der Waals surface area contributed by atoms with Crippen LogP contribution in [-0.2, 0) is 0 Å². The molecule has 3 aromatic rings. The number of aromatic nitrogens is 1. The van der Waals surface area contributed by atoms with Crippen LogP contribution < -0.4 is 4.75 Å². The van der Waals surface area contributed by atoms with E-state index >= 15 is 0 Å². The third-order valence-electron chi connectivity index (χ3n) is 2.36. The SMILES string of the molecule is [AlH2][c]1nc2cc3ccccc3cc2o1. The largest absolute Gasteiger partial charge is 0.461 e. The first kappa shape index (κ1) is 8.05. The van der Waals surface area contributed by atoms with E-state index in [1.807, 2.05) is 12.1 Å². The van der Waals surface area contributed by atoms with Crippen molar-refractivity contribution in [3.63, 3.8) is 0 Å². The molecule has 3 heteroatoms. The minimum absolute atomic E-state index is 0.857. The van der Waals surface area contributed by atoms with Crippen molar-refractivity contribution in [2.45, 2.75) is 0 Å². The molecule has 0 atom stereocenters. The summed E-state index contributed by atoms with van der Waals surface area (Å²) in [5, 5.41) is 2.42. The van der Waals surface area contributed by atoms with Gasteiger partial charge in [0.1, 0.15) is 5.52 Å². The van der Waals surface area contributed by atoms with Crippen molar-refractivity contribution in [2.24, 2.45) is 0 Å². The Morgan fingerprint density at radius 2 is 1.79 bits per heavy atom. The fraction of sp³-hybridized carbons (Fsp3) is 0. The van der Waals surface area contributed by atoms with Crippen molar-refractivity contribution in [1.29, 1.82) is 0 Å². The normalized spacial score (nSPS) is 11.1. The summed E-state index contributed by atoms with van der Waals surface area (Å²) in [5.74, 6) is 0. The summed E-state index contributed by atoms with van der Waals surface area (Å²) in [5.41, 5.74) is 1.86. The minimum atomic E-state index is 0.857. The molecule has 0 aliphatic rings. The van der Waals surface area contributed by atoms with Crippen LogP contribution in [0.25, 0.3) is 21.9 Å². The molecule has 0 radical (unpaired) electrons. The van der Waals surface area contributed by atoms with E-state index in [0.29, 0.717) is 0 Å². The fourth-order valence-corrected chi connectivity index (χ4v) is 2.19. The lowest BCUT2D eigenvalue weighted by Gasteiger charge is -1.94. The van der Waals surface area contributed by atoms with E-state index in [2.05, 4.69) is 29.2 Å². The van der Waals surface area contributed by atoms with Gasteiger partial charge in [0.15, 0.2) is 5.58 Å². The summed E-state index contributed by atoms with van der Waals surface area (Å²) < 4.78 is 6.38. The molecule has 0 aliphatic heterocycles. The van der Waals surface area contributed by atoms with E-state index in [-0.39, 0.29) is 0 Å². The Kier molecular flexibility index (Phi) is 1.64. The van der Waals surface area contributed by atoms with Gasteiger partial charge < -0.3 is 4.42 Å². The van der Waals surface area contributed by atoms with Gasteiger partial charge in [-0.3, -0.25) is 0 Å². The Bertz CT molecular complexity index is 562. The molecule has 1 aromatic heterocycles. The van der Waals surface area contributed by atoms with Crippen LogP contribution in [0.4, 0.5) is 0 Å². The second kappa shape index (κ2) is 2.85. The van der Waals surface area contributed by atoms with E-state index < -0.39 is 0 Å². The minimum Gasteiger partial charge on any atom is -0.461 e. The second-order valence-electron chi connectivity index (χ2n) is 3.40. The maximum Gasteiger partial charge on any atom is 0.350 e. The molecule has 2 nitrogen and oxygen atoms in total. The predicted molar refractivity (Wildman–Crippen MR) is 59.7 cm³/mol. The highest BCUT2D eigenvalue weighted by Gasteiger charge is 2.02. The van der Waals surface area contributed by atoms with Gasteiger partial charge in [-0.25, -0.2) is 4.98 Å². The van der Waals surface area contributed by atoms with Gasteiger partial charge in [-0.15, -0.1) is 0 Å². The summed E-state index contributed by atoms with van der Waals surface area (Å²) in [7, 11) is 0. The van der Waals surface area contributed by atoms with Crippen LogP contribution in [0.1, 0.15) is 0 Å².